The molecule has 0 bridgehead atoms. The van der Waals surface area contributed by atoms with E-state index in [4.69, 9.17) is 4.74 Å². The topological polar surface area (TPSA) is 73.1 Å². The fourth-order valence-corrected chi connectivity index (χ4v) is 4.02. The van der Waals surface area contributed by atoms with Crippen LogP contribution in [-0.2, 0) is 4.79 Å². The van der Waals surface area contributed by atoms with Gasteiger partial charge in [-0.05, 0) is 36.8 Å². The minimum atomic E-state index is -0.547. The minimum absolute atomic E-state index is 0.0984. The van der Waals surface area contributed by atoms with E-state index in [0.29, 0.717) is 36.2 Å². The Morgan fingerprint density at radius 1 is 1.18 bits per heavy atom. The molecule has 3 heterocycles. The highest BCUT2D eigenvalue weighted by atomic mass is 19.1. The Kier molecular flexibility index (Phi) is 5.29. The van der Waals surface area contributed by atoms with Gasteiger partial charge in [0, 0.05) is 37.0 Å². The zero-order chi connectivity index (χ0) is 22.9. The average molecular weight is 447 g/mol. The molecule has 7 nitrogen and oxygen atoms in total. The van der Waals surface area contributed by atoms with Gasteiger partial charge in [0.15, 0.2) is 5.65 Å². The van der Waals surface area contributed by atoms with Gasteiger partial charge in [-0.3, -0.25) is 4.79 Å². The van der Waals surface area contributed by atoms with Crippen molar-refractivity contribution in [1.82, 2.24) is 24.6 Å². The van der Waals surface area contributed by atoms with Gasteiger partial charge in [0.25, 0.3) is 0 Å². The molecule has 1 fully saturated rings. The number of carbonyl (C=O) groups excluding carboxylic acids is 1. The Hall–Kier alpha value is -4.14. The lowest BCUT2D eigenvalue weighted by atomic mass is 10.1. The number of carbonyl (C=O) groups is 1. The maximum Gasteiger partial charge on any atom is 0.246 e. The SMILES string of the molecule is C=CC(=O)N1CC[C@@H](n2nc(-c3ccc(Oc4cccc(F)c4)cc3F)c3cncnc32)C1. The molecule has 2 aromatic heterocycles. The van der Waals surface area contributed by atoms with Crippen molar-refractivity contribution in [2.24, 2.45) is 0 Å². The number of benzene rings is 2. The molecule has 33 heavy (non-hydrogen) atoms. The number of hydrogen-bond donors (Lipinski definition) is 0. The summed E-state index contributed by atoms with van der Waals surface area (Å²) in [5.41, 5.74) is 1.23. The van der Waals surface area contributed by atoms with E-state index in [2.05, 4.69) is 21.6 Å². The highest BCUT2D eigenvalue weighted by molar-refractivity contribution is 5.91. The van der Waals surface area contributed by atoms with Crippen LogP contribution in [0, 0.1) is 11.6 Å². The molecule has 4 aromatic rings. The molecule has 0 spiro atoms. The molecule has 2 aromatic carbocycles. The molecule has 0 saturated carbocycles. The molecule has 1 amide bonds. The first-order valence-corrected chi connectivity index (χ1v) is 10.4. The summed E-state index contributed by atoms with van der Waals surface area (Å²) in [4.78, 5) is 22.1. The Morgan fingerprint density at radius 2 is 2.03 bits per heavy atom. The molecule has 1 saturated heterocycles. The summed E-state index contributed by atoms with van der Waals surface area (Å²) >= 11 is 0. The number of fused-ring (bicyclic) bond motifs is 1. The van der Waals surface area contributed by atoms with Crippen molar-refractivity contribution in [1.29, 1.82) is 0 Å². The third-order valence-corrected chi connectivity index (χ3v) is 5.59. The molecule has 1 aliphatic rings. The number of ether oxygens (including phenoxy) is 1. The third kappa shape index (κ3) is 3.93. The summed E-state index contributed by atoms with van der Waals surface area (Å²) < 4.78 is 35.8. The Morgan fingerprint density at radius 3 is 2.82 bits per heavy atom. The van der Waals surface area contributed by atoms with Crippen molar-refractivity contribution in [2.45, 2.75) is 12.5 Å². The summed E-state index contributed by atoms with van der Waals surface area (Å²) in [6, 6.07) is 9.92. The first-order valence-electron chi connectivity index (χ1n) is 10.4. The number of hydrogen-bond acceptors (Lipinski definition) is 5. The van der Waals surface area contributed by atoms with E-state index in [1.54, 1.807) is 34.0 Å². The van der Waals surface area contributed by atoms with Gasteiger partial charge in [-0.2, -0.15) is 5.10 Å². The van der Waals surface area contributed by atoms with Gasteiger partial charge in [0.05, 0.1) is 11.4 Å². The standard InChI is InChI=1S/C24H19F2N5O2/c1-2-22(32)30-9-8-16(13-30)31-24-20(12-27-14-28-24)23(29-31)19-7-6-18(11-21(19)26)33-17-5-3-4-15(25)10-17/h2-7,10-12,14,16H,1,8-9,13H2/t16-/m1/s1. The van der Waals surface area contributed by atoms with Gasteiger partial charge < -0.3 is 9.64 Å². The van der Waals surface area contributed by atoms with E-state index in [0.717, 1.165) is 0 Å². The van der Waals surface area contributed by atoms with Crippen molar-refractivity contribution in [3.8, 4) is 22.8 Å². The second kappa shape index (κ2) is 8.42. The highest BCUT2D eigenvalue weighted by Crippen LogP contribution is 2.34. The molecule has 0 radical (unpaired) electrons. The van der Waals surface area contributed by atoms with Gasteiger partial charge in [-0.15, -0.1) is 0 Å². The summed E-state index contributed by atoms with van der Waals surface area (Å²) in [5.74, 6) is -0.624. The molecular formula is C24H19F2N5O2. The Balaban J connectivity index is 1.49. The zero-order valence-corrected chi connectivity index (χ0v) is 17.5. The van der Waals surface area contributed by atoms with Crippen molar-refractivity contribution >= 4 is 16.9 Å². The van der Waals surface area contributed by atoms with Gasteiger partial charge in [0.2, 0.25) is 5.91 Å². The normalized spacial score (nSPS) is 15.7. The van der Waals surface area contributed by atoms with Crippen LogP contribution in [0.5, 0.6) is 11.5 Å². The van der Waals surface area contributed by atoms with E-state index >= 15 is 4.39 Å². The first-order chi connectivity index (χ1) is 16.0. The van der Waals surface area contributed by atoms with Crippen molar-refractivity contribution < 1.29 is 18.3 Å². The summed E-state index contributed by atoms with van der Waals surface area (Å²) in [7, 11) is 0. The van der Waals surface area contributed by atoms with Crippen molar-refractivity contribution in [3.63, 3.8) is 0 Å². The van der Waals surface area contributed by atoms with Gasteiger partial charge in [0.1, 0.15) is 35.2 Å². The third-order valence-electron chi connectivity index (χ3n) is 5.59. The number of rotatable bonds is 5. The maximum atomic E-state index is 15.1. The quantitative estimate of drug-likeness (QED) is 0.421. The van der Waals surface area contributed by atoms with Gasteiger partial charge >= 0.3 is 0 Å². The number of aromatic nitrogens is 4. The molecule has 9 heteroatoms. The van der Waals surface area contributed by atoms with Gasteiger partial charge in [-0.25, -0.2) is 23.4 Å². The van der Waals surface area contributed by atoms with Crippen LogP contribution >= 0.6 is 0 Å². The van der Waals surface area contributed by atoms with Crippen LogP contribution in [0.3, 0.4) is 0 Å². The molecule has 0 aliphatic carbocycles. The minimum Gasteiger partial charge on any atom is -0.457 e. The van der Waals surface area contributed by atoms with Crippen LogP contribution in [0.2, 0.25) is 0 Å². The van der Waals surface area contributed by atoms with Crippen LogP contribution in [0.25, 0.3) is 22.3 Å². The molecular weight excluding hydrogens is 428 g/mol. The number of nitrogens with zero attached hydrogens (tertiary/aromatic N) is 5. The van der Waals surface area contributed by atoms with Crippen molar-refractivity contribution in [2.75, 3.05) is 13.1 Å². The van der Waals surface area contributed by atoms with Crippen LogP contribution in [0.1, 0.15) is 12.5 Å². The lowest BCUT2D eigenvalue weighted by Gasteiger charge is -2.14. The van der Waals surface area contributed by atoms with E-state index in [9.17, 15) is 9.18 Å². The lowest BCUT2D eigenvalue weighted by Crippen LogP contribution is -2.27. The maximum absolute atomic E-state index is 15.1. The zero-order valence-electron chi connectivity index (χ0n) is 17.5. The molecule has 0 unspecified atom stereocenters. The summed E-state index contributed by atoms with van der Waals surface area (Å²) in [6.07, 6.45) is 5.00. The van der Waals surface area contributed by atoms with Crippen molar-refractivity contribution in [3.05, 3.63) is 79.3 Å². The molecule has 0 N–H and O–H groups in total. The second-order valence-electron chi connectivity index (χ2n) is 7.69. The molecule has 166 valence electrons. The summed E-state index contributed by atoms with van der Waals surface area (Å²) in [5, 5.41) is 5.27. The fourth-order valence-electron chi connectivity index (χ4n) is 4.02. The molecule has 5 rings (SSSR count). The van der Waals surface area contributed by atoms with Gasteiger partial charge in [-0.1, -0.05) is 12.6 Å². The van der Waals surface area contributed by atoms with E-state index in [1.165, 1.54) is 36.7 Å². The first kappa shape index (κ1) is 20.7. The molecule has 1 aliphatic heterocycles. The van der Waals surface area contributed by atoms with Crippen LogP contribution in [0.4, 0.5) is 8.78 Å². The van der Waals surface area contributed by atoms with E-state index < -0.39 is 11.6 Å². The second-order valence-corrected chi connectivity index (χ2v) is 7.69. The highest BCUT2D eigenvalue weighted by Gasteiger charge is 2.29. The Bertz CT molecular complexity index is 1370. The predicted octanol–water partition coefficient (Wildman–Crippen LogP) is 4.52. The number of likely N-dealkylation sites (tertiary alicyclic amines) is 1. The lowest BCUT2D eigenvalue weighted by molar-refractivity contribution is -0.125. The van der Waals surface area contributed by atoms with Crippen LogP contribution in [-0.4, -0.2) is 43.6 Å². The number of halogens is 2. The Labute approximate surface area is 187 Å². The summed E-state index contributed by atoms with van der Waals surface area (Å²) in [6.45, 7) is 4.59. The van der Waals surface area contributed by atoms with Crippen LogP contribution in [0.15, 0.2) is 67.6 Å². The monoisotopic (exact) mass is 447 g/mol. The molecule has 1 atom stereocenters. The van der Waals surface area contributed by atoms with E-state index in [1.807, 2.05) is 0 Å². The van der Waals surface area contributed by atoms with E-state index in [-0.39, 0.29) is 29.0 Å². The number of amides is 1. The van der Waals surface area contributed by atoms with Crippen LogP contribution < -0.4 is 4.74 Å². The predicted molar refractivity (Wildman–Crippen MR) is 118 cm³/mol. The fraction of sp³-hybridized carbons (Fsp3) is 0.167. The average Bonchev–Trinajstić information content (AvgIpc) is 3.44. The largest absolute Gasteiger partial charge is 0.457 e. The smallest absolute Gasteiger partial charge is 0.246 e.